The zero-order chi connectivity index (χ0) is 13.8. The van der Waals surface area contributed by atoms with Gasteiger partial charge in [-0.15, -0.1) is 0 Å². The summed E-state index contributed by atoms with van der Waals surface area (Å²) in [4.78, 5) is 6.21. The fourth-order valence-corrected chi connectivity index (χ4v) is 1.77. The average molecular weight is 257 g/mol. The van der Waals surface area contributed by atoms with E-state index in [0.29, 0.717) is 31.4 Å². The summed E-state index contributed by atoms with van der Waals surface area (Å²) in [5, 5.41) is 13.6. The van der Waals surface area contributed by atoms with E-state index in [1.807, 2.05) is 25.8 Å². The number of rotatable bonds is 7. The highest BCUT2D eigenvalue weighted by Gasteiger charge is 2.19. The zero-order valence-electron chi connectivity index (χ0n) is 11.8. The summed E-state index contributed by atoms with van der Waals surface area (Å²) < 4.78 is 10.5. The summed E-state index contributed by atoms with van der Waals surface area (Å²) in [5.74, 6) is 1.09. The van der Waals surface area contributed by atoms with Crippen molar-refractivity contribution < 1.29 is 14.4 Å². The molecule has 0 saturated heterocycles. The molecule has 1 rings (SSSR count). The van der Waals surface area contributed by atoms with Crippen LogP contribution < -0.4 is 0 Å². The molecule has 1 N–H and O–H groups in total. The predicted molar refractivity (Wildman–Crippen MR) is 67.0 cm³/mol. The molecule has 1 atom stereocenters. The van der Waals surface area contributed by atoms with Crippen LogP contribution in [-0.4, -0.2) is 45.9 Å². The second kappa shape index (κ2) is 6.26. The summed E-state index contributed by atoms with van der Waals surface area (Å²) in [7, 11) is 1.90. The van der Waals surface area contributed by atoms with Crippen LogP contribution in [0.3, 0.4) is 0 Å². The van der Waals surface area contributed by atoms with E-state index in [1.165, 1.54) is 0 Å². The summed E-state index contributed by atoms with van der Waals surface area (Å²) in [6.07, 6.45) is -0.160. The van der Waals surface area contributed by atoms with E-state index in [0.717, 1.165) is 0 Å². The third kappa shape index (κ3) is 5.12. The lowest BCUT2D eigenvalue weighted by Gasteiger charge is -2.23. The first-order chi connectivity index (χ1) is 8.31. The number of hydrogen-bond acceptors (Lipinski definition) is 6. The van der Waals surface area contributed by atoms with Gasteiger partial charge in [-0.2, -0.15) is 4.98 Å². The molecule has 0 aliphatic carbocycles. The van der Waals surface area contributed by atoms with Crippen LogP contribution in [0.15, 0.2) is 4.52 Å². The fourth-order valence-electron chi connectivity index (χ4n) is 1.77. The van der Waals surface area contributed by atoms with Gasteiger partial charge in [-0.25, -0.2) is 0 Å². The lowest BCUT2D eigenvalue weighted by molar-refractivity contribution is 0.0397. The molecule has 0 aliphatic rings. The van der Waals surface area contributed by atoms with Gasteiger partial charge >= 0.3 is 0 Å². The minimum atomic E-state index is -0.740. The van der Waals surface area contributed by atoms with E-state index in [9.17, 15) is 5.11 Å². The number of hydrogen-bond donors (Lipinski definition) is 1. The molecule has 1 aromatic rings. The van der Waals surface area contributed by atoms with Crippen molar-refractivity contribution in [2.24, 2.45) is 0 Å². The largest absolute Gasteiger partial charge is 0.389 e. The average Bonchev–Trinajstić information content (AvgIpc) is 2.63. The Morgan fingerprint density at radius 1 is 1.50 bits per heavy atom. The highest BCUT2D eigenvalue weighted by atomic mass is 16.5. The Morgan fingerprint density at radius 2 is 2.17 bits per heavy atom. The van der Waals surface area contributed by atoms with Gasteiger partial charge < -0.3 is 14.4 Å². The van der Waals surface area contributed by atoms with Crippen LogP contribution in [0.5, 0.6) is 0 Å². The smallest absolute Gasteiger partial charge is 0.240 e. The molecule has 0 radical (unpaired) electrons. The molecular formula is C12H23N3O3. The number of nitrogens with zero attached hydrogens (tertiary/aromatic N) is 3. The molecule has 0 amide bonds. The number of aliphatic hydroxyl groups is 1. The number of ether oxygens (including phenoxy) is 1. The Kier molecular flexibility index (Phi) is 5.25. The summed E-state index contributed by atoms with van der Waals surface area (Å²) in [5.41, 5.74) is -0.740. The number of aromatic nitrogens is 2. The van der Waals surface area contributed by atoms with Crippen molar-refractivity contribution >= 4 is 0 Å². The molecule has 0 bridgehead atoms. The summed E-state index contributed by atoms with van der Waals surface area (Å²) in [6.45, 7) is 9.00. The minimum Gasteiger partial charge on any atom is -0.389 e. The third-order valence-corrected chi connectivity index (χ3v) is 2.33. The second-order valence-corrected chi connectivity index (χ2v) is 5.13. The molecule has 6 heteroatoms. The highest BCUT2D eigenvalue weighted by Crippen LogP contribution is 2.14. The lowest BCUT2D eigenvalue weighted by Crippen LogP contribution is -2.35. The van der Waals surface area contributed by atoms with Gasteiger partial charge in [-0.3, -0.25) is 4.90 Å². The quantitative estimate of drug-likeness (QED) is 0.795. The Bertz CT molecular complexity index is 360. The van der Waals surface area contributed by atoms with Crippen LogP contribution in [0.2, 0.25) is 0 Å². The van der Waals surface area contributed by atoms with Crippen LogP contribution in [0, 0.1) is 0 Å². The van der Waals surface area contributed by atoms with Gasteiger partial charge in [0.2, 0.25) is 5.89 Å². The highest BCUT2D eigenvalue weighted by molar-refractivity contribution is 4.90. The normalized spacial score (nSPS) is 14.2. The molecule has 104 valence electrons. The Labute approximate surface area is 108 Å². The Hall–Kier alpha value is -0.980. The first-order valence-electron chi connectivity index (χ1n) is 6.17. The SMILES string of the molecule is CCOC(C)c1noc(CN(C)CC(C)(C)O)n1. The molecular weight excluding hydrogens is 234 g/mol. The van der Waals surface area contributed by atoms with E-state index < -0.39 is 5.60 Å². The van der Waals surface area contributed by atoms with Crippen molar-refractivity contribution in [2.45, 2.75) is 45.9 Å². The molecule has 0 aromatic carbocycles. The van der Waals surface area contributed by atoms with Gasteiger partial charge in [-0.1, -0.05) is 5.16 Å². The van der Waals surface area contributed by atoms with Gasteiger partial charge in [0, 0.05) is 13.2 Å². The fraction of sp³-hybridized carbons (Fsp3) is 0.833. The van der Waals surface area contributed by atoms with E-state index >= 15 is 0 Å². The molecule has 0 saturated carbocycles. The van der Waals surface area contributed by atoms with Gasteiger partial charge in [0.05, 0.1) is 12.1 Å². The van der Waals surface area contributed by atoms with Crippen molar-refractivity contribution in [1.82, 2.24) is 15.0 Å². The molecule has 1 aromatic heterocycles. The van der Waals surface area contributed by atoms with E-state index in [1.54, 1.807) is 13.8 Å². The minimum absolute atomic E-state index is 0.160. The molecule has 0 spiro atoms. The Morgan fingerprint density at radius 3 is 2.72 bits per heavy atom. The van der Waals surface area contributed by atoms with Crippen molar-refractivity contribution in [3.8, 4) is 0 Å². The monoisotopic (exact) mass is 257 g/mol. The van der Waals surface area contributed by atoms with Gasteiger partial charge in [0.25, 0.3) is 0 Å². The van der Waals surface area contributed by atoms with Crippen molar-refractivity contribution in [1.29, 1.82) is 0 Å². The Balaban J connectivity index is 2.53. The molecule has 0 fully saturated rings. The summed E-state index contributed by atoms with van der Waals surface area (Å²) in [6, 6.07) is 0. The molecule has 0 aliphatic heterocycles. The van der Waals surface area contributed by atoms with E-state index in [4.69, 9.17) is 9.26 Å². The first-order valence-corrected chi connectivity index (χ1v) is 6.17. The van der Waals surface area contributed by atoms with Gasteiger partial charge in [0.1, 0.15) is 6.10 Å². The predicted octanol–water partition coefficient (Wildman–Crippen LogP) is 1.37. The molecule has 6 nitrogen and oxygen atoms in total. The molecule has 18 heavy (non-hydrogen) atoms. The van der Waals surface area contributed by atoms with E-state index in [2.05, 4.69) is 10.1 Å². The van der Waals surface area contributed by atoms with Crippen molar-refractivity contribution in [3.63, 3.8) is 0 Å². The lowest BCUT2D eigenvalue weighted by atomic mass is 10.1. The standard InChI is InChI=1S/C12H23N3O3/c1-6-17-9(2)11-13-10(18-14-11)7-15(5)8-12(3,4)16/h9,16H,6-8H2,1-5H3. The zero-order valence-corrected chi connectivity index (χ0v) is 11.8. The van der Waals surface area contributed by atoms with E-state index in [-0.39, 0.29) is 6.10 Å². The first kappa shape index (κ1) is 15.1. The van der Waals surface area contributed by atoms with Crippen molar-refractivity contribution in [2.75, 3.05) is 20.2 Å². The number of likely N-dealkylation sites (N-methyl/N-ethyl adjacent to an activating group) is 1. The van der Waals surface area contributed by atoms with Crippen LogP contribution in [0.4, 0.5) is 0 Å². The van der Waals surface area contributed by atoms with Crippen LogP contribution >= 0.6 is 0 Å². The molecule has 1 heterocycles. The van der Waals surface area contributed by atoms with Crippen LogP contribution in [0.25, 0.3) is 0 Å². The third-order valence-electron chi connectivity index (χ3n) is 2.33. The van der Waals surface area contributed by atoms with Crippen LogP contribution in [0.1, 0.15) is 45.5 Å². The second-order valence-electron chi connectivity index (χ2n) is 5.13. The maximum atomic E-state index is 9.70. The summed E-state index contributed by atoms with van der Waals surface area (Å²) >= 11 is 0. The molecule has 1 unspecified atom stereocenters. The maximum absolute atomic E-state index is 9.70. The van der Waals surface area contributed by atoms with Crippen LogP contribution in [-0.2, 0) is 11.3 Å². The van der Waals surface area contributed by atoms with Gasteiger partial charge in [0.15, 0.2) is 5.82 Å². The van der Waals surface area contributed by atoms with Crippen molar-refractivity contribution in [3.05, 3.63) is 11.7 Å². The topological polar surface area (TPSA) is 71.6 Å². The van der Waals surface area contributed by atoms with Gasteiger partial charge in [-0.05, 0) is 34.7 Å². The maximum Gasteiger partial charge on any atom is 0.240 e.